The summed E-state index contributed by atoms with van der Waals surface area (Å²) in [5.41, 5.74) is 4.80. The molecule has 0 aromatic carbocycles. The predicted molar refractivity (Wildman–Crippen MR) is 92.0 cm³/mol. The minimum Gasteiger partial charge on any atom is -0.364 e. The molecule has 10 heteroatoms. The van der Waals surface area contributed by atoms with E-state index in [0.717, 1.165) is 6.42 Å². The molecule has 0 aliphatic heterocycles. The summed E-state index contributed by atoms with van der Waals surface area (Å²) in [4.78, 5) is 34.4. The molecule has 2 heterocycles. The number of anilines is 2. The van der Waals surface area contributed by atoms with Crippen molar-refractivity contribution in [2.75, 3.05) is 17.3 Å². The van der Waals surface area contributed by atoms with E-state index in [1.165, 1.54) is 18.7 Å². The Morgan fingerprint density at radius 1 is 1.32 bits per heavy atom. The van der Waals surface area contributed by atoms with Gasteiger partial charge in [-0.25, -0.2) is 9.97 Å². The van der Waals surface area contributed by atoms with Crippen LogP contribution in [0.5, 0.6) is 0 Å². The van der Waals surface area contributed by atoms with Crippen molar-refractivity contribution in [3.63, 3.8) is 0 Å². The highest BCUT2D eigenvalue weighted by atomic mass is 16.6. The van der Waals surface area contributed by atoms with Crippen LogP contribution in [0.3, 0.4) is 0 Å². The number of nitrogens with zero attached hydrogens (tertiary/aromatic N) is 4. The van der Waals surface area contributed by atoms with Gasteiger partial charge < -0.3 is 5.32 Å². The van der Waals surface area contributed by atoms with Crippen molar-refractivity contribution in [1.82, 2.24) is 20.4 Å². The number of pyridine rings is 1. The number of amides is 1. The van der Waals surface area contributed by atoms with E-state index >= 15 is 0 Å². The normalized spacial score (nSPS) is 10.4. The van der Waals surface area contributed by atoms with Gasteiger partial charge in [0, 0.05) is 18.9 Å². The molecule has 132 valence electrons. The SMILES string of the molecule is CC(C)CCNc1ncnc(NNC(=O)c2cccnc2)c1[N+](=O)[O-]. The number of carbonyl (C=O) groups excluding carboxylic acids is 1. The molecule has 10 nitrogen and oxygen atoms in total. The first-order valence-electron chi connectivity index (χ1n) is 7.68. The van der Waals surface area contributed by atoms with Crippen LogP contribution in [-0.2, 0) is 0 Å². The van der Waals surface area contributed by atoms with Crippen molar-refractivity contribution >= 4 is 23.2 Å². The van der Waals surface area contributed by atoms with Gasteiger partial charge in [-0.3, -0.25) is 30.7 Å². The Labute approximate surface area is 144 Å². The van der Waals surface area contributed by atoms with Crippen molar-refractivity contribution in [3.8, 4) is 0 Å². The quantitative estimate of drug-likeness (QED) is 0.488. The van der Waals surface area contributed by atoms with Crippen molar-refractivity contribution in [1.29, 1.82) is 0 Å². The smallest absolute Gasteiger partial charge is 0.354 e. The monoisotopic (exact) mass is 345 g/mol. The number of nitrogens with one attached hydrogen (secondary N) is 3. The molecule has 1 amide bonds. The zero-order valence-corrected chi connectivity index (χ0v) is 13.9. The molecular weight excluding hydrogens is 326 g/mol. The van der Waals surface area contributed by atoms with Crippen LogP contribution in [0.25, 0.3) is 0 Å². The fourth-order valence-electron chi connectivity index (χ4n) is 1.94. The van der Waals surface area contributed by atoms with Crippen LogP contribution in [0.1, 0.15) is 30.6 Å². The Bertz CT molecular complexity index is 737. The lowest BCUT2D eigenvalue weighted by Crippen LogP contribution is -2.30. The number of rotatable bonds is 8. The fourth-order valence-corrected chi connectivity index (χ4v) is 1.94. The molecule has 2 aromatic heterocycles. The predicted octanol–water partition coefficient (Wildman–Crippen LogP) is 1.99. The molecule has 0 bridgehead atoms. The highest BCUT2D eigenvalue weighted by molar-refractivity contribution is 5.94. The van der Waals surface area contributed by atoms with Gasteiger partial charge in [-0.05, 0) is 24.5 Å². The molecule has 0 unspecified atom stereocenters. The van der Waals surface area contributed by atoms with Gasteiger partial charge in [0.15, 0.2) is 0 Å². The van der Waals surface area contributed by atoms with E-state index in [0.29, 0.717) is 18.0 Å². The number of hydrogen-bond acceptors (Lipinski definition) is 8. The summed E-state index contributed by atoms with van der Waals surface area (Å²) >= 11 is 0. The van der Waals surface area contributed by atoms with Gasteiger partial charge in [-0.1, -0.05) is 13.8 Å². The van der Waals surface area contributed by atoms with Gasteiger partial charge in [-0.2, -0.15) is 0 Å². The number of carbonyl (C=O) groups is 1. The maximum atomic E-state index is 12.0. The Balaban J connectivity index is 2.11. The third-order valence-electron chi connectivity index (χ3n) is 3.24. The maximum absolute atomic E-state index is 12.0. The van der Waals surface area contributed by atoms with Crippen LogP contribution < -0.4 is 16.2 Å². The minimum absolute atomic E-state index is 0.0961. The second-order valence-electron chi connectivity index (χ2n) is 5.61. The number of hydrazine groups is 1. The summed E-state index contributed by atoms with van der Waals surface area (Å²) in [5, 5.41) is 14.3. The summed E-state index contributed by atoms with van der Waals surface area (Å²) in [7, 11) is 0. The molecule has 2 aromatic rings. The first kappa shape index (κ1) is 18.0. The third kappa shape index (κ3) is 5.09. The molecule has 0 aliphatic rings. The van der Waals surface area contributed by atoms with Crippen LogP contribution in [0.15, 0.2) is 30.9 Å². The van der Waals surface area contributed by atoms with Gasteiger partial charge in [0.05, 0.1) is 10.5 Å². The summed E-state index contributed by atoms with van der Waals surface area (Å²) in [6, 6.07) is 3.18. The standard InChI is InChI=1S/C15H19N7O3/c1-10(2)5-7-17-13-12(22(24)25)14(19-9-18-13)20-21-15(23)11-4-3-6-16-8-11/h3-4,6,8-10H,5,7H2,1-2H3,(H,21,23)(H2,17,18,19,20). The summed E-state index contributed by atoms with van der Waals surface area (Å²) < 4.78 is 0. The molecule has 25 heavy (non-hydrogen) atoms. The van der Waals surface area contributed by atoms with E-state index in [1.807, 2.05) is 0 Å². The number of hydrogen-bond donors (Lipinski definition) is 3. The second-order valence-corrected chi connectivity index (χ2v) is 5.61. The van der Waals surface area contributed by atoms with Gasteiger partial charge in [-0.15, -0.1) is 0 Å². The van der Waals surface area contributed by atoms with E-state index in [1.54, 1.807) is 12.1 Å². The highest BCUT2D eigenvalue weighted by Crippen LogP contribution is 2.28. The Morgan fingerprint density at radius 2 is 2.08 bits per heavy atom. The summed E-state index contributed by atoms with van der Waals surface area (Å²) in [6.45, 7) is 4.64. The Kier molecular flexibility index (Phi) is 6.15. The Hall–Kier alpha value is -3.30. The average Bonchev–Trinajstić information content (AvgIpc) is 2.60. The van der Waals surface area contributed by atoms with E-state index in [2.05, 4.69) is 45.0 Å². The van der Waals surface area contributed by atoms with Crippen molar-refractivity contribution in [2.24, 2.45) is 5.92 Å². The van der Waals surface area contributed by atoms with E-state index in [9.17, 15) is 14.9 Å². The van der Waals surface area contributed by atoms with Crippen LogP contribution in [0.4, 0.5) is 17.3 Å². The van der Waals surface area contributed by atoms with Crippen LogP contribution >= 0.6 is 0 Å². The van der Waals surface area contributed by atoms with Gasteiger partial charge in [0.1, 0.15) is 6.33 Å². The highest BCUT2D eigenvalue weighted by Gasteiger charge is 2.23. The third-order valence-corrected chi connectivity index (χ3v) is 3.24. The zero-order chi connectivity index (χ0) is 18.2. The van der Waals surface area contributed by atoms with E-state index < -0.39 is 10.8 Å². The van der Waals surface area contributed by atoms with E-state index in [4.69, 9.17) is 0 Å². The molecule has 3 N–H and O–H groups in total. The first-order chi connectivity index (χ1) is 12.0. The fraction of sp³-hybridized carbons (Fsp3) is 0.333. The molecule has 0 atom stereocenters. The molecule has 0 saturated heterocycles. The minimum atomic E-state index is -0.601. The zero-order valence-electron chi connectivity index (χ0n) is 13.9. The van der Waals surface area contributed by atoms with Gasteiger partial charge >= 0.3 is 5.69 Å². The van der Waals surface area contributed by atoms with E-state index in [-0.39, 0.29) is 17.3 Å². The van der Waals surface area contributed by atoms with Crippen molar-refractivity contribution in [2.45, 2.75) is 20.3 Å². The van der Waals surface area contributed by atoms with Crippen molar-refractivity contribution in [3.05, 3.63) is 46.5 Å². The molecule has 0 radical (unpaired) electrons. The maximum Gasteiger partial charge on any atom is 0.354 e. The Morgan fingerprint density at radius 3 is 2.72 bits per heavy atom. The summed E-state index contributed by atoms with van der Waals surface area (Å²) in [6.07, 6.45) is 4.93. The van der Waals surface area contributed by atoms with Crippen LogP contribution in [0, 0.1) is 16.0 Å². The lowest BCUT2D eigenvalue weighted by Gasteiger charge is -2.11. The largest absolute Gasteiger partial charge is 0.364 e. The average molecular weight is 345 g/mol. The molecule has 0 fully saturated rings. The lowest BCUT2D eigenvalue weighted by molar-refractivity contribution is -0.383. The second kappa shape index (κ2) is 8.52. The van der Waals surface area contributed by atoms with Crippen molar-refractivity contribution < 1.29 is 9.72 Å². The summed E-state index contributed by atoms with van der Waals surface area (Å²) in [5.74, 6) is -0.0526. The molecule has 0 spiro atoms. The first-order valence-corrected chi connectivity index (χ1v) is 7.68. The molecule has 2 rings (SSSR count). The lowest BCUT2D eigenvalue weighted by atomic mass is 10.1. The molecular formula is C15H19N7O3. The van der Waals surface area contributed by atoms with Crippen LogP contribution in [0.2, 0.25) is 0 Å². The van der Waals surface area contributed by atoms with Crippen LogP contribution in [-0.4, -0.2) is 32.3 Å². The molecule has 0 aliphatic carbocycles. The number of aromatic nitrogens is 3. The molecule has 0 saturated carbocycles. The van der Waals surface area contributed by atoms with Gasteiger partial charge in [0.2, 0.25) is 11.6 Å². The topological polar surface area (TPSA) is 135 Å². The van der Waals surface area contributed by atoms with Gasteiger partial charge in [0.25, 0.3) is 5.91 Å². The number of nitro groups is 1.